The number of allylic oxidation sites excluding steroid dienone is 18. The lowest BCUT2D eigenvalue weighted by molar-refractivity contribution is -0.161. The quantitative estimate of drug-likeness (QED) is 0.0146. The van der Waals surface area contributed by atoms with Gasteiger partial charge in [-0.15, -0.1) is 0 Å². The molecule has 0 bridgehead atoms. The Balaban J connectivity index is 4.68. The van der Waals surface area contributed by atoms with Crippen molar-refractivity contribution in [1.29, 1.82) is 0 Å². The average Bonchev–Trinajstić information content (AvgIpc) is 3.51. The molecule has 0 aliphatic heterocycles. The zero-order valence-electron chi connectivity index (χ0n) is 52.5. The van der Waals surface area contributed by atoms with Gasteiger partial charge in [0, 0.05) is 19.3 Å². The van der Waals surface area contributed by atoms with E-state index < -0.39 is 91.5 Å². The molecule has 5 atom stereocenters. The van der Waals surface area contributed by atoms with Crippen molar-refractivity contribution >= 4 is 33.6 Å². The summed E-state index contributed by atoms with van der Waals surface area (Å²) in [4.78, 5) is 58.2. The van der Waals surface area contributed by atoms with Crippen molar-refractivity contribution < 1.29 is 75.8 Å². The maximum atomic E-state index is 12.9. The molecule has 0 amide bonds. The predicted octanol–water partition coefficient (Wildman–Crippen LogP) is 17.3. The number of hydrogen-bond donors (Lipinski definition) is 4. The second-order valence-corrected chi connectivity index (χ2v) is 24.1. The monoisotopic (exact) mass is 1240 g/mol. The molecule has 5 unspecified atom stereocenters. The summed E-state index contributed by atoms with van der Waals surface area (Å²) in [6.07, 6.45) is 65.8. The summed E-state index contributed by atoms with van der Waals surface area (Å²) in [6.45, 7) is 2.41. The van der Waals surface area contributed by atoms with Crippen LogP contribution >= 0.6 is 15.6 Å². The van der Waals surface area contributed by atoms with E-state index in [1.54, 1.807) is 0 Å². The third-order valence-corrected chi connectivity index (χ3v) is 14.9. The fourth-order valence-electron chi connectivity index (χ4n) is 8.01. The molecule has 0 aromatic heterocycles. The molecule has 488 valence electrons. The third-order valence-electron chi connectivity index (χ3n) is 13.0. The highest BCUT2D eigenvalue weighted by molar-refractivity contribution is 7.47. The van der Waals surface area contributed by atoms with Gasteiger partial charge in [-0.2, -0.15) is 0 Å². The van der Waals surface area contributed by atoms with E-state index in [1.807, 2.05) is 0 Å². The zero-order valence-corrected chi connectivity index (χ0v) is 54.3. The lowest BCUT2D eigenvalue weighted by Gasteiger charge is -2.21. The lowest BCUT2D eigenvalue weighted by Crippen LogP contribution is -2.30. The topological polar surface area (TPSA) is 231 Å². The zero-order chi connectivity index (χ0) is 62.4. The summed E-state index contributed by atoms with van der Waals surface area (Å²) < 4.78 is 60.7. The molecule has 0 heterocycles. The Bertz CT molecular complexity index is 1990. The highest BCUT2D eigenvalue weighted by Crippen LogP contribution is 2.45. The van der Waals surface area contributed by atoms with E-state index in [1.165, 1.54) is 44.9 Å². The molecular weight excluding hydrogens is 1120 g/mol. The molecule has 0 saturated heterocycles. The number of hydrogen-bond acceptors (Lipinski definition) is 14. The van der Waals surface area contributed by atoms with Crippen LogP contribution in [0.25, 0.3) is 0 Å². The standard InChI is InChI=1S/C67H114O16P2/c1-4-7-10-13-16-19-22-25-27-28-29-30-31-32-34-37-38-41-44-47-50-53-65(70)77-56-62(68)57-79-84(73,74)80-58-63(69)59-81-85(75,76)82-61-64(83-67(72)55-52-49-46-43-40-35-24-21-18-15-12-9-6-3)60-78-66(71)54-51-48-45-42-39-36-33-26-23-20-17-14-11-8-5-2/h7,10,16-17,19-21,24-27,29-30,32-34,38,41,62-64,68-69H,4-6,8-9,11-15,18,22-23,28,31,35-37,39-40,42-61H2,1-3H3,(H,73,74)(H,75,76)/b10-7-,19-16-,20-17-,24-21-,27-25-,30-29-,33-26-,34-32-,41-38-. The second-order valence-electron chi connectivity index (χ2n) is 21.2. The molecule has 0 saturated carbocycles. The molecule has 0 radical (unpaired) electrons. The van der Waals surface area contributed by atoms with Crippen LogP contribution in [-0.4, -0.2) is 95.9 Å². The summed E-state index contributed by atoms with van der Waals surface area (Å²) in [6, 6.07) is 0. The predicted molar refractivity (Wildman–Crippen MR) is 344 cm³/mol. The average molecular weight is 1240 g/mol. The number of carbonyl (C=O) groups excluding carboxylic acids is 3. The van der Waals surface area contributed by atoms with Crippen molar-refractivity contribution in [3.63, 3.8) is 0 Å². The number of aliphatic hydroxyl groups is 2. The first-order chi connectivity index (χ1) is 41.2. The summed E-state index contributed by atoms with van der Waals surface area (Å²) in [5.74, 6) is -1.65. The number of phosphoric acid groups is 2. The largest absolute Gasteiger partial charge is 0.472 e. The fraction of sp³-hybridized carbons (Fsp3) is 0.687. The van der Waals surface area contributed by atoms with Crippen molar-refractivity contribution in [3.05, 3.63) is 109 Å². The van der Waals surface area contributed by atoms with Crippen LogP contribution in [0.1, 0.15) is 239 Å². The Kier molecular flexibility index (Phi) is 57.8. The van der Waals surface area contributed by atoms with Crippen molar-refractivity contribution in [2.45, 2.75) is 257 Å². The molecule has 0 rings (SSSR count). The van der Waals surface area contributed by atoms with Crippen LogP contribution in [0.15, 0.2) is 109 Å². The van der Waals surface area contributed by atoms with Crippen molar-refractivity contribution in [3.8, 4) is 0 Å². The molecule has 0 aromatic rings. The Labute approximate surface area is 513 Å². The van der Waals surface area contributed by atoms with Crippen LogP contribution in [0.5, 0.6) is 0 Å². The molecule has 0 aliphatic rings. The first kappa shape index (κ1) is 81.2. The molecule has 0 aliphatic carbocycles. The molecule has 0 aromatic carbocycles. The Morgan fingerprint density at radius 1 is 0.341 bits per heavy atom. The van der Waals surface area contributed by atoms with Gasteiger partial charge >= 0.3 is 33.6 Å². The summed E-state index contributed by atoms with van der Waals surface area (Å²) >= 11 is 0. The van der Waals surface area contributed by atoms with E-state index in [0.717, 1.165) is 135 Å². The van der Waals surface area contributed by atoms with E-state index in [2.05, 4.69) is 130 Å². The molecule has 18 heteroatoms. The minimum atomic E-state index is -4.93. The van der Waals surface area contributed by atoms with Gasteiger partial charge in [0.05, 0.1) is 26.4 Å². The molecular formula is C67H114O16P2. The number of esters is 3. The normalized spacial score (nSPS) is 15.0. The van der Waals surface area contributed by atoms with Gasteiger partial charge in [0.1, 0.15) is 25.4 Å². The third kappa shape index (κ3) is 61.6. The van der Waals surface area contributed by atoms with E-state index in [0.29, 0.717) is 19.3 Å². The van der Waals surface area contributed by atoms with Gasteiger partial charge in [0.25, 0.3) is 0 Å². The number of carbonyl (C=O) groups is 3. The van der Waals surface area contributed by atoms with Gasteiger partial charge in [-0.1, -0.05) is 201 Å². The van der Waals surface area contributed by atoms with Crippen LogP contribution in [0.4, 0.5) is 0 Å². The van der Waals surface area contributed by atoms with Crippen molar-refractivity contribution in [1.82, 2.24) is 0 Å². The van der Waals surface area contributed by atoms with Crippen LogP contribution in [0.2, 0.25) is 0 Å². The Morgan fingerprint density at radius 2 is 0.624 bits per heavy atom. The van der Waals surface area contributed by atoms with Crippen molar-refractivity contribution in [2.24, 2.45) is 0 Å². The molecule has 4 N–H and O–H groups in total. The van der Waals surface area contributed by atoms with Crippen LogP contribution in [-0.2, 0) is 55.8 Å². The summed E-state index contributed by atoms with van der Waals surface area (Å²) in [7, 11) is -9.79. The van der Waals surface area contributed by atoms with Gasteiger partial charge < -0.3 is 34.2 Å². The van der Waals surface area contributed by atoms with Crippen LogP contribution in [0.3, 0.4) is 0 Å². The number of ether oxygens (including phenoxy) is 3. The first-order valence-electron chi connectivity index (χ1n) is 32.2. The van der Waals surface area contributed by atoms with E-state index >= 15 is 0 Å². The van der Waals surface area contributed by atoms with Gasteiger partial charge in [0.15, 0.2) is 6.10 Å². The summed E-state index contributed by atoms with van der Waals surface area (Å²) in [5, 5.41) is 20.5. The minimum absolute atomic E-state index is 0.0890. The van der Waals surface area contributed by atoms with E-state index in [4.69, 9.17) is 32.3 Å². The smallest absolute Gasteiger partial charge is 0.463 e. The van der Waals surface area contributed by atoms with E-state index in [9.17, 15) is 43.5 Å². The SMILES string of the molecule is CC/C=C\C/C=C\C/C=C\C/C=C\C/C=C\C/C=C\CCCCC(=O)OCC(O)COP(=O)(O)OCC(O)COP(=O)(O)OCC(COC(=O)CCCCCCC/C=C\C/C=C\CCCCC)OC(=O)CCCCCCC/C=C\CCCCCC. The Morgan fingerprint density at radius 3 is 1.05 bits per heavy atom. The molecule has 0 spiro atoms. The number of aliphatic hydroxyl groups excluding tert-OH is 2. The van der Waals surface area contributed by atoms with Crippen LogP contribution in [0, 0.1) is 0 Å². The maximum Gasteiger partial charge on any atom is 0.472 e. The maximum absolute atomic E-state index is 12.9. The van der Waals surface area contributed by atoms with Gasteiger partial charge in [-0.25, -0.2) is 9.13 Å². The van der Waals surface area contributed by atoms with Crippen molar-refractivity contribution in [2.75, 3.05) is 39.6 Å². The highest BCUT2D eigenvalue weighted by Gasteiger charge is 2.29. The van der Waals surface area contributed by atoms with Gasteiger partial charge in [-0.05, 0) is 128 Å². The first-order valence-corrected chi connectivity index (χ1v) is 35.2. The number of unbranched alkanes of at least 4 members (excludes halogenated alkanes) is 19. The molecule has 85 heavy (non-hydrogen) atoms. The molecule has 0 fully saturated rings. The minimum Gasteiger partial charge on any atom is -0.463 e. The number of rotatable bonds is 60. The lowest BCUT2D eigenvalue weighted by atomic mass is 10.1. The summed E-state index contributed by atoms with van der Waals surface area (Å²) in [5.41, 5.74) is 0. The second kappa shape index (κ2) is 60.5. The number of phosphoric ester groups is 2. The molecule has 16 nitrogen and oxygen atoms in total. The highest BCUT2D eigenvalue weighted by atomic mass is 31.2. The van der Waals surface area contributed by atoms with Crippen LogP contribution < -0.4 is 0 Å². The van der Waals surface area contributed by atoms with Gasteiger partial charge in [0.2, 0.25) is 0 Å². The van der Waals surface area contributed by atoms with Gasteiger partial charge in [-0.3, -0.25) is 32.5 Å². The van der Waals surface area contributed by atoms with E-state index in [-0.39, 0.29) is 19.3 Å². The Hall–Kier alpha value is -3.79. The fourth-order valence-corrected chi connectivity index (χ4v) is 9.59.